The third kappa shape index (κ3) is 18.5. The van der Waals surface area contributed by atoms with E-state index in [9.17, 15) is 61.7 Å². The molecule has 4 aromatic carbocycles. The molecule has 4 aromatic rings. The predicted octanol–water partition coefficient (Wildman–Crippen LogP) is 6.75. The lowest BCUT2D eigenvalue weighted by atomic mass is 10.0. The number of rotatable bonds is 20. The maximum atomic E-state index is 12.5. The van der Waals surface area contributed by atoms with E-state index in [0.29, 0.717) is 41.6 Å². The molecule has 0 saturated carbocycles. The fourth-order valence-corrected chi connectivity index (χ4v) is 5.81. The van der Waals surface area contributed by atoms with Crippen molar-refractivity contribution in [1.29, 1.82) is 0 Å². The van der Waals surface area contributed by atoms with Crippen LogP contribution in [-0.4, -0.2) is 94.5 Å². The van der Waals surface area contributed by atoms with Gasteiger partial charge in [-0.05, 0) is 83.6 Å². The van der Waals surface area contributed by atoms with Crippen LogP contribution in [0.5, 0.6) is 0 Å². The zero-order valence-electron chi connectivity index (χ0n) is 35.9. The molecule has 15 nitrogen and oxygen atoms in total. The van der Waals surface area contributed by atoms with E-state index < -0.39 is 59.6 Å². The van der Waals surface area contributed by atoms with Gasteiger partial charge in [0.1, 0.15) is 17.7 Å². The number of carbonyl (C=O) groups is 8. The first-order valence-electron chi connectivity index (χ1n) is 20.4. The second-order valence-corrected chi connectivity index (χ2v) is 15.4. The van der Waals surface area contributed by atoms with Gasteiger partial charge in [-0.2, -0.15) is 13.2 Å². The first-order chi connectivity index (χ1) is 30.7. The molecule has 0 bridgehead atoms. The number of benzene rings is 4. The zero-order chi connectivity index (χ0) is 48.2. The number of halogens is 3. The highest BCUT2D eigenvalue weighted by molar-refractivity contribution is 6.10. The van der Waals surface area contributed by atoms with Crippen molar-refractivity contribution in [3.05, 3.63) is 143 Å². The molecule has 346 valence electrons. The fraction of sp³-hybridized carbons (Fsp3) is 0.319. The second kappa shape index (κ2) is 25.1. The molecule has 18 heteroatoms. The average molecular weight is 905 g/mol. The molecule has 0 heterocycles. The van der Waals surface area contributed by atoms with Gasteiger partial charge in [-0.1, -0.05) is 84.9 Å². The fourth-order valence-electron chi connectivity index (χ4n) is 5.81. The van der Waals surface area contributed by atoms with Crippen LogP contribution in [0, 0.1) is 0 Å². The Kier molecular flexibility index (Phi) is 20.0. The maximum Gasteiger partial charge on any atom is 0.471 e. The van der Waals surface area contributed by atoms with E-state index in [0.717, 1.165) is 0 Å². The third-order valence-corrected chi connectivity index (χ3v) is 9.15. The lowest BCUT2D eigenvalue weighted by Gasteiger charge is -2.19. The Morgan fingerprint density at radius 3 is 1.18 bits per heavy atom. The van der Waals surface area contributed by atoms with Crippen LogP contribution in [0.2, 0.25) is 0 Å². The number of carboxylic acid groups (broad SMARTS) is 2. The molecular weight excluding hydrogens is 854 g/mol. The van der Waals surface area contributed by atoms with Gasteiger partial charge in [0.15, 0.2) is 11.6 Å². The van der Waals surface area contributed by atoms with Crippen molar-refractivity contribution in [1.82, 2.24) is 21.3 Å². The number of aliphatic carboxylic acids is 2. The molecule has 65 heavy (non-hydrogen) atoms. The Morgan fingerprint density at radius 1 is 0.508 bits per heavy atom. The van der Waals surface area contributed by atoms with Crippen molar-refractivity contribution in [3.63, 3.8) is 0 Å². The minimum absolute atomic E-state index is 0.0342. The molecular formula is C47H51F3N4O11. The van der Waals surface area contributed by atoms with Crippen LogP contribution < -0.4 is 21.3 Å². The normalized spacial score (nSPS) is 11.9. The summed E-state index contributed by atoms with van der Waals surface area (Å²) in [6.07, 6.45) is -4.03. The Morgan fingerprint density at radius 2 is 0.846 bits per heavy atom. The first kappa shape index (κ1) is 52.0. The van der Waals surface area contributed by atoms with Gasteiger partial charge in [0, 0.05) is 46.5 Å². The number of alkyl halides is 3. The topological polar surface area (TPSA) is 234 Å². The molecule has 0 unspecified atom stereocenters. The largest absolute Gasteiger partial charge is 0.480 e. The van der Waals surface area contributed by atoms with E-state index in [1.807, 2.05) is 6.07 Å². The van der Waals surface area contributed by atoms with E-state index in [-0.39, 0.29) is 54.9 Å². The van der Waals surface area contributed by atoms with Crippen molar-refractivity contribution in [2.24, 2.45) is 0 Å². The standard InChI is InChI=1S/C25H30N2O6.C22H21F3N2O5/c1-25(2,3)33-24(32)26-16-8-7-11-20(23(30)31)27-22(29)19-14-12-18(13-15-19)21(28)17-9-5-4-6-10-17;23-22(24,25)21(32)26-13-5-4-8-17(20(30)31)27-19(29)16-11-9-15(10-12-16)18(28)14-6-2-1-3-7-14/h4-6,9-10,12-15,20H,7-8,11,16H2,1-3H3,(H,26,32)(H,27,29)(H,30,31);1-3,6-7,9-12,17H,4-5,8,13H2,(H,26,32)(H,27,29)(H,30,31)/t20-;17-/m00/s1. The highest BCUT2D eigenvalue weighted by Gasteiger charge is 2.38. The number of nitrogens with one attached hydrogen (secondary N) is 4. The molecule has 0 aliphatic rings. The Bertz CT molecular complexity index is 2250. The highest BCUT2D eigenvalue weighted by atomic mass is 19.4. The third-order valence-electron chi connectivity index (χ3n) is 9.15. The van der Waals surface area contributed by atoms with Crippen LogP contribution in [0.1, 0.15) is 112 Å². The molecule has 0 radical (unpaired) electrons. The van der Waals surface area contributed by atoms with E-state index in [1.165, 1.54) is 36.4 Å². The van der Waals surface area contributed by atoms with Crippen LogP contribution >= 0.6 is 0 Å². The molecule has 0 spiro atoms. The molecule has 4 amide bonds. The van der Waals surface area contributed by atoms with Crippen LogP contribution in [0.25, 0.3) is 0 Å². The zero-order valence-corrected chi connectivity index (χ0v) is 35.9. The SMILES string of the molecule is CC(C)(C)OC(=O)NCCCC[C@H](NC(=O)c1ccc(C(=O)c2ccccc2)cc1)C(=O)O.O=C(N[C@@H](CCCCNC(=O)C(F)(F)F)C(=O)O)c1ccc(C(=O)c2ccccc2)cc1. The molecule has 4 rings (SSSR count). The van der Waals surface area contributed by atoms with Crippen LogP contribution in [0.15, 0.2) is 109 Å². The van der Waals surface area contributed by atoms with E-state index in [2.05, 4.69) is 16.0 Å². The number of carboxylic acids is 2. The number of ether oxygens (including phenoxy) is 1. The summed E-state index contributed by atoms with van der Waals surface area (Å²) in [4.78, 5) is 95.0. The number of hydrogen-bond acceptors (Lipinski definition) is 9. The van der Waals surface area contributed by atoms with Crippen molar-refractivity contribution >= 4 is 47.3 Å². The summed E-state index contributed by atoms with van der Waals surface area (Å²) in [5, 5.41) is 27.9. The van der Waals surface area contributed by atoms with Crippen molar-refractivity contribution in [3.8, 4) is 0 Å². The minimum atomic E-state index is -4.97. The van der Waals surface area contributed by atoms with Crippen LogP contribution in [-0.2, 0) is 19.1 Å². The second-order valence-electron chi connectivity index (χ2n) is 15.4. The predicted molar refractivity (Wildman–Crippen MR) is 231 cm³/mol. The Balaban J connectivity index is 0.000000345. The summed E-state index contributed by atoms with van der Waals surface area (Å²) < 4.78 is 41.4. The number of amides is 4. The van der Waals surface area contributed by atoms with Gasteiger partial charge < -0.3 is 36.2 Å². The highest BCUT2D eigenvalue weighted by Crippen LogP contribution is 2.16. The van der Waals surface area contributed by atoms with Crippen LogP contribution in [0.3, 0.4) is 0 Å². The summed E-state index contributed by atoms with van der Waals surface area (Å²) in [6, 6.07) is 26.8. The van der Waals surface area contributed by atoms with Gasteiger partial charge in [0.25, 0.3) is 11.8 Å². The maximum absolute atomic E-state index is 12.5. The van der Waals surface area contributed by atoms with Gasteiger partial charge in [-0.3, -0.25) is 24.0 Å². The number of hydrogen-bond donors (Lipinski definition) is 6. The lowest BCUT2D eigenvalue weighted by molar-refractivity contribution is -0.173. The number of unbranched alkanes of at least 4 members (excludes halogenated alkanes) is 2. The Labute approximate surface area is 373 Å². The molecule has 2 atom stereocenters. The van der Waals surface area contributed by atoms with Gasteiger partial charge in [-0.25, -0.2) is 14.4 Å². The summed E-state index contributed by atoms with van der Waals surface area (Å²) in [5.41, 5.74) is 1.66. The molecule has 0 aliphatic carbocycles. The molecule has 0 fully saturated rings. The lowest BCUT2D eigenvalue weighted by Crippen LogP contribution is -2.41. The van der Waals surface area contributed by atoms with Gasteiger partial charge in [0.2, 0.25) is 0 Å². The van der Waals surface area contributed by atoms with Crippen molar-refractivity contribution in [2.45, 2.75) is 83.2 Å². The summed E-state index contributed by atoms with van der Waals surface area (Å²) in [7, 11) is 0. The molecule has 0 aliphatic heterocycles. The average Bonchev–Trinajstić information content (AvgIpc) is 3.27. The van der Waals surface area contributed by atoms with Gasteiger partial charge in [0.05, 0.1) is 0 Å². The van der Waals surface area contributed by atoms with E-state index in [4.69, 9.17) is 4.74 Å². The molecule has 0 saturated heterocycles. The summed E-state index contributed by atoms with van der Waals surface area (Å²) >= 11 is 0. The number of ketones is 2. The molecule has 6 N–H and O–H groups in total. The molecule has 0 aromatic heterocycles. The van der Waals surface area contributed by atoms with Crippen molar-refractivity contribution < 1.29 is 66.5 Å². The van der Waals surface area contributed by atoms with Gasteiger partial charge in [-0.15, -0.1) is 0 Å². The van der Waals surface area contributed by atoms with Gasteiger partial charge >= 0.3 is 30.1 Å². The van der Waals surface area contributed by atoms with E-state index >= 15 is 0 Å². The quantitative estimate of drug-likeness (QED) is 0.0401. The van der Waals surface area contributed by atoms with E-state index in [1.54, 1.807) is 92.8 Å². The number of carbonyl (C=O) groups excluding carboxylic acids is 6. The van der Waals surface area contributed by atoms with Crippen LogP contribution in [0.4, 0.5) is 18.0 Å². The first-order valence-corrected chi connectivity index (χ1v) is 20.4. The monoisotopic (exact) mass is 904 g/mol. The Hall–Kier alpha value is -7.37. The smallest absolute Gasteiger partial charge is 0.471 e. The summed E-state index contributed by atoms with van der Waals surface area (Å²) in [5.74, 6) is -6.08. The van der Waals surface area contributed by atoms with Crippen molar-refractivity contribution in [2.75, 3.05) is 13.1 Å². The number of alkyl carbamates (subject to hydrolysis) is 1. The minimum Gasteiger partial charge on any atom is -0.480 e. The summed E-state index contributed by atoms with van der Waals surface area (Å²) in [6.45, 7) is 5.37.